The summed E-state index contributed by atoms with van der Waals surface area (Å²) in [6, 6.07) is 7.01. The fraction of sp³-hybridized carbons (Fsp3) is 0.192. The molecule has 0 saturated carbocycles. The van der Waals surface area contributed by atoms with Crippen LogP contribution < -0.4 is 20.5 Å². The maximum absolute atomic E-state index is 15.3. The number of fused-ring (bicyclic) bond motifs is 1. The molecule has 11 nitrogen and oxygen atoms in total. The van der Waals surface area contributed by atoms with E-state index in [0.717, 1.165) is 27.3 Å². The van der Waals surface area contributed by atoms with E-state index in [0.29, 0.717) is 11.5 Å². The number of carbonyl (C=O) groups is 1. The largest absolute Gasteiger partial charge is 0.493 e. The smallest absolute Gasteiger partial charge is 0.416 e. The first-order valence-electron chi connectivity index (χ1n) is 11.9. The lowest BCUT2D eigenvalue weighted by Gasteiger charge is -2.15. The zero-order valence-corrected chi connectivity index (χ0v) is 21.5. The molecule has 3 aromatic heterocycles. The van der Waals surface area contributed by atoms with Crippen molar-refractivity contribution in [1.82, 2.24) is 29.3 Å². The number of nitrogens with zero attached hydrogens (tertiary/aromatic N) is 5. The minimum absolute atomic E-state index is 0.0185. The summed E-state index contributed by atoms with van der Waals surface area (Å²) in [6.07, 6.45) is -0.698. The van der Waals surface area contributed by atoms with E-state index in [9.17, 15) is 22.8 Å². The average molecular weight is 571 g/mol. The highest BCUT2D eigenvalue weighted by atomic mass is 19.4. The molecule has 1 amide bonds. The SMILES string of the molecule is COc1cc(-c2cc(C(F)(F)F)cc3c2n(C)c(=O)n3CC(=O)Nc2cccnc2)cc(F)c1OCc1ncn[nH]1. The summed E-state index contributed by atoms with van der Waals surface area (Å²) in [5.41, 5.74) is -1.76. The molecule has 0 radical (unpaired) electrons. The van der Waals surface area contributed by atoms with Crippen molar-refractivity contribution in [2.24, 2.45) is 7.05 Å². The van der Waals surface area contributed by atoms with Gasteiger partial charge in [-0.3, -0.25) is 24.0 Å². The van der Waals surface area contributed by atoms with E-state index in [-0.39, 0.29) is 40.3 Å². The van der Waals surface area contributed by atoms with Gasteiger partial charge in [0.05, 0.1) is 35.6 Å². The van der Waals surface area contributed by atoms with Gasteiger partial charge >= 0.3 is 11.9 Å². The van der Waals surface area contributed by atoms with Crippen molar-refractivity contribution in [3.63, 3.8) is 0 Å². The normalized spacial score (nSPS) is 11.6. The van der Waals surface area contributed by atoms with E-state index in [1.165, 1.54) is 38.9 Å². The highest BCUT2D eigenvalue weighted by Crippen LogP contribution is 2.41. The highest BCUT2D eigenvalue weighted by molar-refractivity contribution is 5.96. The van der Waals surface area contributed by atoms with E-state index in [1.807, 2.05) is 0 Å². The number of methoxy groups -OCH3 is 1. The van der Waals surface area contributed by atoms with Crippen molar-refractivity contribution in [1.29, 1.82) is 0 Å². The molecular weight excluding hydrogens is 550 g/mol. The van der Waals surface area contributed by atoms with Gasteiger partial charge in [0.25, 0.3) is 0 Å². The fourth-order valence-electron chi connectivity index (χ4n) is 4.33. The van der Waals surface area contributed by atoms with Gasteiger partial charge in [-0.25, -0.2) is 14.2 Å². The number of aromatic amines is 1. The van der Waals surface area contributed by atoms with Gasteiger partial charge in [-0.15, -0.1) is 0 Å². The second-order valence-corrected chi connectivity index (χ2v) is 8.82. The molecule has 0 aliphatic heterocycles. The van der Waals surface area contributed by atoms with Crippen LogP contribution in [0.5, 0.6) is 11.5 Å². The van der Waals surface area contributed by atoms with Crippen molar-refractivity contribution in [3.05, 3.63) is 82.8 Å². The Morgan fingerprint density at radius 2 is 2.00 bits per heavy atom. The number of halogens is 4. The van der Waals surface area contributed by atoms with Crippen LogP contribution in [0.4, 0.5) is 23.2 Å². The molecule has 15 heteroatoms. The first-order chi connectivity index (χ1) is 19.6. The molecule has 0 unspecified atom stereocenters. The number of nitrogens with one attached hydrogen (secondary N) is 2. The van der Waals surface area contributed by atoms with Crippen molar-refractivity contribution in [2.75, 3.05) is 12.4 Å². The number of hydrogen-bond acceptors (Lipinski definition) is 7. The third-order valence-electron chi connectivity index (χ3n) is 6.17. The predicted molar refractivity (Wildman–Crippen MR) is 138 cm³/mol. The number of carbonyl (C=O) groups excluding carboxylic acids is 1. The monoisotopic (exact) mass is 571 g/mol. The van der Waals surface area contributed by atoms with Crippen LogP contribution in [0.1, 0.15) is 11.4 Å². The van der Waals surface area contributed by atoms with Crippen LogP contribution in [0, 0.1) is 5.82 Å². The molecule has 2 aromatic carbocycles. The number of anilines is 1. The van der Waals surface area contributed by atoms with Gasteiger partial charge in [0.15, 0.2) is 23.1 Å². The van der Waals surface area contributed by atoms with Gasteiger partial charge < -0.3 is 14.8 Å². The summed E-state index contributed by atoms with van der Waals surface area (Å²) in [7, 11) is 2.59. The molecule has 41 heavy (non-hydrogen) atoms. The summed E-state index contributed by atoms with van der Waals surface area (Å²) < 4.78 is 70.1. The summed E-state index contributed by atoms with van der Waals surface area (Å²) in [6.45, 7) is -0.767. The first-order valence-corrected chi connectivity index (χ1v) is 11.9. The Bertz CT molecular complexity index is 1780. The van der Waals surface area contributed by atoms with Gasteiger partial charge in [-0.05, 0) is 42.0 Å². The minimum atomic E-state index is -4.82. The standard InChI is InChI=1S/C26H21F4N7O4/c1-36-23-17(14-6-18(27)24(20(7-14)40-2)41-12-21-32-13-33-35-21)8-15(26(28,29)30)9-19(23)37(25(36)39)11-22(38)34-16-4-3-5-31-10-16/h3-10,13H,11-12H2,1-2H3,(H,34,38)(H,32,33,35). The molecule has 5 aromatic rings. The first kappa shape index (κ1) is 27.4. The molecule has 5 rings (SSSR count). The number of rotatable bonds is 8. The number of aryl methyl sites for hydroxylation is 1. The zero-order chi connectivity index (χ0) is 29.3. The maximum Gasteiger partial charge on any atom is 0.416 e. The second-order valence-electron chi connectivity index (χ2n) is 8.82. The van der Waals surface area contributed by atoms with Crippen LogP contribution >= 0.6 is 0 Å². The summed E-state index contributed by atoms with van der Waals surface area (Å²) in [4.78, 5) is 33.7. The van der Waals surface area contributed by atoms with Crippen molar-refractivity contribution in [2.45, 2.75) is 19.3 Å². The van der Waals surface area contributed by atoms with Crippen LogP contribution in [0.15, 0.2) is 59.9 Å². The molecule has 0 aliphatic rings. The zero-order valence-electron chi connectivity index (χ0n) is 21.5. The number of pyridine rings is 1. The van der Waals surface area contributed by atoms with Crippen LogP contribution in [0.3, 0.4) is 0 Å². The van der Waals surface area contributed by atoms with E-state index in [4.69, 9.17) is 9.47 Å². The number of alkyl halides is 3. The third kappa shape index (κ3) is 5.46. The number of imidazole rings is 1. The summed E-state index contributed by atoms with van der Waals surface area (Å²) in [5, 5.41) is 8.79. The molecule has 3 heterocycles. The Hall–Kier alpha value is -5.21. The van der Waals surface area contributed by atoms with Gasteiger partial charge in [0, 0.05) is 18.8 Å². The molecular formula is C26H21F4N7O4. The van der Waals surface area contributed by atoms with Crippen molar-refractivity contribution >= 4 is 22.6 Å². The molecule has 0 spiro atoms. The van der Waals surface area contributed by atoms with Gasteiger partial charge in [-0.2, -0.15) is 18.3 Å². The molecule has 0 atom stereocenters. The van der Waals surface area contributed by atoms with Crippen molar-refractivity contribution < 1.29 is 31.8 Å². The number of aromatic nitrogens is 6. The Morgan fingerprint density at radius 1 is 1.20 bits per heavy atom. The lowest BCUT2D eigenvalue weighted by atomic mass is 9.99. The molecule has 0 bridgehead atoms. The maximum atomic E-state index is 15.3. The quantitative estimate of drug-likeness (QED) is 0.270. The van der Waals surface area contributed by atoms with Crippen molar-refractivity contribution in [3.8, 4) is 22.6 Å². The molecule has 212 valence electrons. The molecule has 0 fully saturated rings. The fourth-order valence-corrected chi connectivity index (χ4v) is 4.33. The van der Waals surface area contributed by atoms with Crippen LogP contribution in [-0.2, 0) is 31.2 Å². The van der Waals surface area contributed by atoms with E-state index >= 15 is 4.39 Å². The average Bonchev–Trinajstić information content (AvgIpc) is 3.54. The molecule has 2 N–H and O–H groups in total. The van der Waals surface area contributed by atoms with Crippen LogP contribution in [-0.4, -0.2) is 42.3 Å². The summed E-state index contributed by atoms with van der Waals surface area (Å²) in [5.74, 6) is -1.68. The van der Waals surface area contributed by atoms with Crippen LogP contribution in [0.2, 0.25) is 0 Å². The van der Waals surface area contributed by atoms with E-state index < -0.39 is 35.7 Å². The third-order valence-corrected chi connectivity index (χ3v) is 6.17. The van der Waals surface area contributed by atoms with Crippen LogP contribution in [0.25, 0.3) is 22.2 Å². The number of benzene rings is 2. The highest BCUT2D eigenvalue weighted by Gasteiger charge is 2.33. The second kappa shape index (κ2) is 10.7. The minimum Gasteiger partial charge on any atom is -0.493 e. The number of hydrogen-bond donors (Lipinski definition) is 2. The van der Waals surface area contributed by atoms with E-state index in [1.54, 1.807) is 12.1 Å². The number of amides is 1. The Kier molecular flexibility index (Phi) is 7.17. The van der Waals surface area contributed by atoms with Gasteiger partial charge in [0.1, 0.15) is 19.5 Å². The van der Waals surface area contributed by atoms with Gasteiger partial charge in [0.2, 0.25) is 5.91 Å². The Labute approximate surface area is 228 Å². The topological polar surface area (TPSA) is 129 Å². The number of ether oxygens (including phenoxy) is 2. The Morgan fingerprint density at radius 3 is 2.66 bits per heavy atom. The number of H-pyrrole nitrogens is 1. The molecule has 0 saturated heterocycles. The summed E-state index contributed by atoms with van der Waals surface area (Å²) >= 11 is 0. The predicted octanol–water partition coefficient (Wildman–Crippen LogP) is 3.90. The lowest BCUT2D eigenvalue weighted by Crippen LogP contribution is -2.28. The van der Waals surface area contributed by atoms with E-state index in [2.05, 4.69) is 25.5 Å². The Balaban J connectivity index is 1.62. The van der Waals surface area contributed by atoms with Gasteiger partial charge in [-0.1, -0.05) is 0 Å². The molecule has 0 aliphatic carbocycles. The lowest BCUT2D eigenvalue weighted by molar-refractivity contribution is -0.137.